The number of hydrogen-bond donors (Lipinski definition) is 1. The molecule has 0 aliphatic rings. The number of esters is 1. The predicted molar refractivity (Wildman–Crippen MR) is 154 cm³/mol. The summed E-state index contributed by atoms with van der Waals surface area (Å²) in [6, 6.07) is 11.2. The number of halogens is 3. The zero-order valence-corrected chi connectivity index (χ0v) is 24.4. The largest absolute Gasteiger partial charge is 0.460 e. The molecule has 0 aromatic heterocycles. The number of alkyl halides is 3. The Hall–Kier alpha value is -2.70. The normalized spacial score (nSPS) is 11.5. The Morgan fingerprint density at radius 3 is 1.81 bits per heavy atom. The Labute approximate surface area is 246 Å². The summed E-state index contributed by atoms with van der Waals surface area (Å²) in [5.41, 5.74) is -0.0461. The van der Waals surface area contributed by atoms with Gasteiger partial charge >= 0.3 is 12.1 Å². The van der Waals surface area contributed by atoms with Crippen LogP contribution >= 0.6 is 0 Å². The molecule has 2 rings (SSSR count). The molecular formula is C31H44F3NO7. The standard InChI is InChI=1S/C31H44F3NO7/c1-2-3-4-5-8-14-37-15-16-38-17-18-39-19-20-40-21-22-41-23-24-42-30(36)28-12-6-7-13-29(28)35-27-11-9-10-26(25-27)31(32,33)34/h6-7,9-13,25,35H,2-5,8,14-24H2,1H3. The van der Waals surface area contributed by atoms with Crippen molar-refractivity contribution in [3.8, 4) is 0 Å². The van der Waals surface area contributed by atoms with Crippen molar-refractivity contribution in [1.82, 2.24) is 0 Å². The molecule has 0 aliphatic heterocycles. The van der Waals surface area contributed by atoms with Crippen LogP contribution in [0.25, 0.3) is 0 Å². The van der Waals surface area contributed by atoms with Crippen LogP contribution in [0.1, 0.15) is 54.9 Å². The Morgan fingerprint density at radius 1 is 0.667 bits per heavy atom. The first-order valence-corrected chi connectivity index (χ1v) is 14.5. The molecule has 11 heteroatoms. The molecule has 0 saturated heterocycles. The summed E-state index contributed by atoms with van der Waals surface area (Å²) in [6.45, 7) is 6.91. The second-order valence-corrected chi connectivity index (χ2v) is 9.36. The minimum absolute atomic E-state index is 0.0177. The van der Waals surface area contributed by atoms with Gasteiger partial charge in [0, 0.05) is 12.3 Å². The number of ether oxygens (including phenoxy) is 6. The van der Waals surface area contributed by atoms with Gasteiger partial charge in [-0.2, -0.15) is 13.2 Å². The van der Waals surface area contributed by atoms with Crippen LogP contribution in [0.2, 0.25) is 0 Å². The van der Waals surface area contributed by atoms with Crippen molar-refractivity contribution in [3.05, 3.63) is 59.7 Å². The van der Waals surface area contributed by atoms with E-state index in [1.165, 1.54) is 43.9 Å². The van der Waals surface area contributed by atoms with Crippen molar-refractivity contribution in [2.75, 3.05) is 78.0 Å². The third kappa shape index (κ3) is 16.1. The van der Waals surface area contributed by atoms with Crippen LogP contribution in [-0.2, 0) is 34.6 Å². The fraction of sp³-hybridized carbons (Fsp3) is 0.581. The van der Waals surface area contributed by atoms with Crippen molar-refractivity contribution in [2.45, 2.75) is 45.2 Å². The van der Waals surface area contributed by atoms with Crippen molar-refractivity contribution < 1.29 is 46.4 Å². The lowest BCUT2D eigenvalue weighted by Gasteiger charge is -2.13. The molecule has 0 fully saturated rings. The maximum Gasteiger partial charge on any atom is 0.416 e. The summed E-state index contributed by atoms with van der Waals surface area (Å²) >= 11 is 0. The van der Waals surface area contributed by atoms with Crippen LogP contribution in [0.4, 0.5) is 24.5 Å². The number of carbonyl (C=O) groups excluding carboxylic acids is 1. The third-order valence-corrected chi connectivity index (χ3v) is 5.96. The molecule has 0 unspecified atom stereocenters. The van der Waals surface area contributed by atoms with Crippen LogP contribution in [0.3, 0.4) is 0 Å². The first-order chi connectivity index (χ1) is 20.4. The highest BCUT2D eigenvalue weighted by Crippen LogP contribution is 2.32. The number of hydrogen-bond acceptors (Lipinski definition) is 8. The van der Waals surface area contributed by atoms with Crippen molar-refractivity contribution in [3.63, 3.8) is 0 Å². The minimum Gasteiger partial charge on any atom is -0.460 e. The number of rotatable bonds is 24. The maximum atomic E-state index is 13.0. The molecule has 2 aromatic carbocycles. The van der Waals surface area contributed by atoms with Gasteiger partial charge in [0.2, 0.25) is 0 Å². The molecule has 0 atom stereocenters. The van der Waals surface area contributed by atoms with E-state index in [0.29, 0.717) is 58.5 Å². The lowest BCUT2D eigenvalue weighted by atomic mass is 10.1. The van der Waals surface area contributed by atoms with Crippen LogP contribution in [0, 0.1) is 0 Å². The van der Waals surface area contributed by atoms with Gasteiger partial charge < -0.3 is 33.7 Å². The SMILES string of the molecule is CCCCCCCOCCOCCOCCOCCOCCOC(=O)c1ccccc1Nc1cccc(C(F)(F)F)c1. The van der Waals surface area contributed by atoms with E-state index >= 15 is 0 Å². The molecule has 0 heterocycles. The fourth-order valence-corrected chi connectivity index (χ4v) is 3.76. The Kier molecular flexibility index (Phi) is 18.5. The average molecular weight is 600 g/mol. The van der Waals surface area contributed by atoms with Gasteiger partial charge in [-0.25, -0.2) is 4.79 Å². The zero-order valence-electron chi connectivity index (χ0n) is 24.4. The van der Waals surface area contributed by atoms with E-state index in [2.05, 4.69) is 12.2 Å². The summed E-state index contributed by atoms with van der Waals surface area (Å²) in [7, 11) is 0. The molecule has 0 radical (unpaired) electrons. The molecule has 236 valence electrons. The van der Waals surface area contributed by atoms with Gasteiger partial charge in [0.05, 0.1) is 76.3 Å². The highest BCUT2D eigenvalue weighted by molar-refractivity contribution is 5.96. The number of unbranched alkanes of at least 4 members (excludes halogenated alkanes) is 4. The molecule has 0 bridgehead atoms. The van der Waals surface area contributed by atoms with Gasteiger partial charge in [-0.3, -0.25) is 0 Å². The second-order valence-electron chi connectivity index (χ2n) is 9.36. The lowest BCUT2D eigenvalue weighted by molar-refractivity contribution is -0.137. The van der Waals surface area contributed by atoms with E-state index in [1.54, 1.807) is 18.2 Å². The van der Waals surface area contributed by atoms with Gasteiger partial charge in [-0.15, -0.1) is 0 Å². The fourth-order valence-electron chi connectivity index (χ4n) is 3.76. The monoisotopic (exact) mass is 599 g/mol. The number of benzene rings is 2. The molecule has 0 saturated carbocycles. The molecule has 8 nitrogen and oxygen atoms in total. The van der Waals surface area contributed by atoms with Gasteiger partial charge in [-0.05, 0) is 36.8 Å². The van der Waals surface area contributed by atoms with Crippen molar-refractivity contribution in [2.24, 2.45) is 0 Å². The van der Waals surface area contributed by atoms with Gasteiger partial charge in [0.25, 0.3) is 0 Å². The topological polar surface area (TPSA) is 84.5 Å². The number of nitrogens with one attached hydrogen (secondary N) is 1. The Balaban J connectivity index is 1.45. The minimum atomic E-state index is -4.47. The van der Waals surface area contributed by atoms with Crippen molar-refractivity contribution in [1.29, 1.82) is 0 Å². The summed E-state index contributed by atoms with van der Waals surface area (Å²) in [6.07, 6.45) is 1.67. The second kappa shape index (κ2) is 21.9. The quantitative estimate of drug-likeness (QED) is 0.106. The molecule has 42 heavy (non-hydrogen) atoms. The number of anilines is 2. The van der Waals surface area contributed by atoms with E-state index in [4.69, 9.17) is 28.4 Å². The first kappa shape index (κ1) is 35.5. The molecule has 0 amide bonds. The first-order valence-electron chi connectivity index (χ1n) is 14.5. The smallest absolute Gasteiger partial charge is 0.416 e. The van der Waals surface area contributed by atoms with Crippen LogP contribution in [0.5, 0.6) is 0 Å². The predicted octanol–water partition coefficient (Wildman–Crippen LogP) is 6.66. The van der Waals surface area contributed by atoms with E-state index < -0.39 is 17.7 Å². The summed E-state index contributed by atoms with van der Waals surface area (Å²) in [5, 5.41) is 2.86. The zero-order chi connectivity index (χ0) is 30.3. The summed E-state index contributed by atoms with van der Waals surface area (Å²) in [5.74, 6) is -0.614. The van der Waals surface area contributed by atoms with E-state index in [9.17, 15) is 18.0 Å². The van der Waals surface area contributed by atoms with Crippen LogP contribution in [-0.4, -0.2) is 78.6 Å². The van der Waals surface area contributed by atoms with Gasteiger partial charge in [0.1, 0.15) is 6.61 Å². The van der Waals surface area contributed by atoms with Crippen molar-refractivity contribution >= 4 is 17.3 Å². The number of carbonyl (C=O) groups is 1. The summed E-state index contributed by atoms with van der Waals surface area (Å²) < 4.78 is 71.6. The molecule has 2 aromatic rings. The van der Waals surface area contributed by atoms with E-state index in [0.717, 1.165) is 25.2 Å². The van der Waals surface area contributed by atoms with E-state index in [1.807, 2.05) is 0 Å². The number of para-hydroxylation sites is 1. The van der Waals surface area contributed by atoms with Crippen LogP contribution < -0.4 is 5.32 Å². The molecule has 1 N–H and O–H groups in total. The molecule has 0 aliphatic carbocycles. The van der Waals surface area contributed by atoms with E-state index in [-0.39, 0.29) is 24.5 Å². The maximum absolute atomic E-state index is 13.0. The average Bonchev–Trinajstić information content (AvgIpc) is 2.98. The highest BCUT2D eigenvalue weighted by Gasteiger charge is 2.30. The highest BCUT2D eigenvalue weighted by atomic mass is 19.4. The van der Waals surface area contributed by atoms with Gasteiger partial charge in [-0.1, -0.05) is 50.8 Å². The van der Waals surface area contributed by atoms with Gasteiger partial charge in [0.15, 0.2) is 0 Å². The summed E-state index contributed by atoms with van der Waals surface area (Å²) in [4.78, 5) is 12.5. The molecular weight excluding hydrogens is 555 g/mol. The Morgan fingerprint density at radius 2 is 1.21 bits per heavy atom. The van der Waals surface area contributed by atoms with Crippen LogP contribution in [0.15, 0.2) is 48.5 Å². The molecule has 0 spiro atoms. The third-order valence-electron chi connectivity index (χ3n) is 5.96. The Bertz CT molecular complexity index is 991. The lowest BCUT2D eigenvalue weighted by Crippen LogP contribution is -2.15.